The van der Waals surface area contributed by atoms with Crippen molar-refractivity contribution in [3.63, 3.8) is 0 Å². The van der Waals surface area contributed by atoms with Crippen molar-refractivity contribution in [2.45, 2.75) is 64.5 Å². The van der Waals surface area contributed by atoms with Gasteiger partial charge in [0.2, 0.25) is 0 Å². The minimum Gasteiger partial charge on any atom is -0.134 e. The summed E-state index contributed by atoms with van der Waals surface area (Å²) in [5.74, 6) is 0. The van der Waals surface area contributed by atoms with Gasteiger partial charge in [0, 0.05) is 0 Å². The van der Waals surface area contributed by atoms with Gasteiger partial charge < -0.3 is 0 Å². The SMILES string of the molecule is CCC1(CC)c2ccccc2C(CC)(CC)N1[O]. The standard InChI is InChI=1S/C16H24NO/c1-5-15(6-2)13-11-9-10-12-14(13)16(7-3,8-4)17(15)18/h9-12H,5-8H2,1-4H3. The van der Waals surface area contributed by atoms with Crippen molar-refractivity contribution >= 4 is 0 Å². The van der Waals surface area contributed by atoms with Gasteiger partial charge in [0.05, 0.1) is 11.1 Å². The topological polar surface area (TPSA) is 23.1 Å². The predicted molar refractivity (Wildman–Crippen MR) is 73.5 cm³/mol. The Morgan fingerprint density at radius 1 is 0.833 bits per heavy atom. The van der Waals surface area contributed by atoms with Gasteiger partial charge in [-0.2, -0.15) is 0 Å². The van der Waals surface area contributed by atoms with E-state index in [0.29, 0.717) is 0 Å². The average Bonchev–Trinajstić information content (AvgIpc) is 2.65. The first-order valence-corrected chi connectivity index (χ1v) is 7.20. The molecule has 2 heteroatoms. The summed E-state index contributed by atoms with van der Waals surface area (Å²) < 4.78 is 0. The Morgan fingerprint density at radius 2 is 1.17 bits per heavy atom. The van der Waals surface area contributed by atoms with Crippen LogP contribution in [0.5, 0.6) is 0 Å². The zero-order valence-electron chi connectivity index (χ0n) is 12.0. The molecule has 2 rings (SSSR count). The molecule has 1 aliphatic heterocycles. The lowest BCUT2D eigenvalue weighted by Crippen LogP contribution is -2.47. The Balaban J connectivity index is 2.71. The van der Waals surface area contributed by atoms with E-state index in [2.05, 4.69) is 52.0 Å². The van der Waals surface area contributed by atoms with Gasteiger partial charge in [-0.3, -0.25) is 0 Å². The summed E-state index contributed by atoms with van der Waals surface area (Å²) in [5.41, 5.74) is 1.88. The predicted octanol–water partition coefficient (Wildman–Crippen LogP) is 4.38. The molecule has 0 unspecified atom stereocenters. The zero-order chi connectivity index (χ0) is 13.4. The highest BCUT2D eigenvalue weighted by atomic mass is 16.5. The lowest BCUT2D eigenvalue weighted by atomic mass is 9.83. The monoisotopic (exact) mass is 246 g/mol. The van der Waals surface area contributed by atoms with Crippen LogP contribution < -0.4 is 0 Å². The summed E-state index contributed by atoms with van der Waals surface area (Å²) in [6, 6.07) is 8.43. The van der Waals surface area contributed by atoms with E-state index in [4.69, 9.17) is 0 Å². The number of benzene rings is 1. The summed E-state index contributed by atoms with van der Waals surface area (Å²) in [6.45, 7) is 8.53. The molecule has 0 N–H and O–H groups in total. The number of hydroxylamine groups is 2. The van der Waals surface area contributed by atoms with Gasteiger partial charge in [0.1, 0.15) is 0 Å². The number of nitrogens with zero attached hydrogens (tertiary/aromatic N) is 1. The highest BCUT2D eigenvalue weighted by molar-refractivity contribution is 5.44. The number of hydrogen-bond donors (Lipinski definition) is 0. The second kappa shape index (κ2) is 4.67. The Kier molecular flexibility index (Phi) is 3.52. The molecule has 0 amide bonds. The molecule has 99 valence electrons. The van der Waals surface area contributed by atoms with Gasteiger partial charge in [-0.05, 0) is 36.8 Å². The Labute approximate surface area is 111 Å². The first-order chi connectivity index (χ1) is 8.62. The average molecular weight is 246 g/mol. The van der Waals surface area contributed by atoms with Gasteiger partial charge in [-0.1, -0.05) is 52.0 Å². The largest absolute Gasteiger partial charge is 0.134 e. The van der Waals surface area contributed by atoms with Gasteiger partial charge in [0.15, 0.2) is 0 Å². The molecular formula is C16H24NO. The van der Waals surface area contributed by atoms with Crippen LogP contribution in [-0.2, 0) is 16.3 Å². The van der Waals surface area contributed by atoms with Crippen molar-refractivity contribution < 1.29 is 5.21 Å². The fourth-order valence-corrected chi connectivity index (χ4v) is 3.76. The summed E-state index contributed by atoms with van der Waals surface area (Å²) in [5, 5.41) is 14.5. The third-order valence-corrected chi connectivity index (χ3v) is 5.05. The smallest absolute Gasteiger partial charge is 0.0750 e. The van der Waals surface area contributed by atoms with E-state index in [1.54, 1.807) is 0 Å². The van der Waals surface area contributed by atoms with Gasteiger partial charge >= 0.3 is 0 Å². The molecule has 1 aliphatic rings. The van der Waals surface area contributed by atoms with Crippen LogP contribution in [0.1, 0.15) is 64.5 Å². The number of rotatable bonds is 4. The summed E-state index contributed by atoms with van der Waals surface area (Å²) in [6.07, 6.45) is 3.52. The minimum absolute atomic E-state index is 0.317. The molecule has 0 bridgehead atoms. The Hall–Kier alpha value is -0.860. The maximum atomic E-state index is 13.0. The highest BCUT2D eigenvalue weighted by Crippen LogP contribution is 2.54. The van der Waals surface area contributed by atoms with Crippen molar-refractivity contribution in [1.29, 1.82) is 0 Å². The molecule has 0 saturated heterocycles. The van der Waals surface area contributed by atoms with Crippen molar-refractivity contribution in [3.05, 3.63) is 35.4 Å². The first-order valence-electron chi connectivity index (χ1n) is 7.20. The summed E-state index contributed by atoms with van der Waals surface area (Å²) in [4.78, 5) is 0. The maximum absolute atomic E-state index is 13.0. The van der Waals surface area contributed by atoms with Gasteiger partial charge in [0.25, 0.3) is 0 Å². The van der Waals surface area contributed by atoms with E-state index < -0.39 is 0 Å². The molecule has 1 radical (unpaired) electrons. The van der Waals surface area contributed by atoms with E-state index in [1.165, 1.54) is 16.2 Å². The van der Waals surface area contributed by atoms with E-state index in [9.17, 15) is 5.21 Å². The fourth-order valence-electron chi connectivity index (χ4n) is 3.76. The van der Waals surface area contributed by atoms with Gasteiger partial charge in [-0.25, -0.2) is 0 Å². The van der Waals surface area contributed by atoms with E-state index in [0.717, 1.165) is 25.7 Å². The third-order valence-electron chi connectivity index (χ3n) is 5.05. The molecule has 18 heavy (non-hydrogen) atoms. The van der Waals surface area contributed by atoms with Crippen LogP contribution in [0.25, 0.3) is 0 Å². The van der Waals surface area contributed by atoms with Crippen molar-refractivity contribution in [2.24, 2.45) is 0 Å². The van der Waals surface area contributed by atoms with Crippen molar-refractivity contribution in [1.82, 2.24) is 5.06 Å². The van der Waals surface area contributed by atoms with Crippen LogP contribution in [-0.4, -0.2) is 5.06 Å². The second-order valence-corrected chi connectivity index (χ2v) is 5.32. The van der Waals surface area contributed by atoms with Crippen LogP contribution in [0.2, 0.25) is 0 Å². The molecule has 0 spiro atoms. The summed E-state index contributed by atoms with van der Waals surface area (Å²) in [7, 11) is 0. The van der Waals surface area contributed by atoms with Crippen LogP contribution in [0.4, 0.5) is 0 Å². The normalized spacial score (nSPS) is 20.9. The van der Waals surface area contributed by atoms with Crippen molar-refractivity contribution in [2.75, 3.05) is 0 Å². The molecular weight excluding hydrogens is 222 g/mol. The Bertz CT molecular complexity index is 380. The lowest BCUT2D eigenvalue weighted by molar-refractivity contribution is -0.287. The third kappa shape index (κ3) is 1.42. The van der Waals surface area contributed by atoms with E-state index >= 15 is 0 Å². The molecule has 1 heterocycles. The molecule has 0 atom stereocenters. The fraction of sp³-hybridized carbons (Fsp3) is 0.625. The molecule has 0 aromatic heterocycles. The van der Waals surface area contributed by atoms with Gasteiger partial charge in [-0.15, -0.1) is 10.3 Å². The highest BCUT2D eigenvalue weighted by Gasteiger charge is 2.55. The zero-order valence-corrected chi connectivity index (χ0v) is 12.0. The van der Waals surface area contributed by atoms with Crippen LogP contribution >= 0.6 is 0 Å². The Morgan fingerprint density at radius 3 is 1.44 bits per heavy atom. The first kappa shape index (κ1) is 13.6. The van der Waals surface area contributed by atoms with Crippen molar-refractivity contribution in [3.8, 4) is 0 Å². The molecule has 1 aromatic carbocycles. The van der Waals surface area contributed by atoms with E-state index in [1.807, 2.05) is 0 Å². The lowest BCUT2D eigenvalue weighted by Gasteiger charge is -2.40. The summed E-state index contributed by atoms with van der Waals surface area (Å²) >= 11 is 0. The molecule has 0 saturated carbocycles. The molecule has 1 aromatic rings. The quantitative estimate of drug-likeness (QED) is 0.773. The number of hydrogen-bond acceptors (Lipinski definition) is 1. The molecule has 0 aliphatic carbocycles. The minimum atomic E-state index is -0.317. The number of fused-ring (bicyclic) bond motifs is 1. The van der Waals surface area contributed by atoms with E-state index in [-0.39, 0.29) is 11.1 Å². The van der Waals surface area contributed by atoms with Crippen LogP contribution in [0.3, 0.4) is 0 Å². The molecule has 2 nitrogen and oxygen atoms in total. The van der Waals surface area contributed by atoms with Crippen LogP contribution in [0, 0.1) is 0 Å². The second-order valence-electron chi connectivity index (χ2n) is 5.32. The van der Waals surface area contributed by atoms with Crippen LogP contribution in [0.15, 0.2) is 24.3 Å². The molecule has 0 fully saturated rings. The maximum Gasteiger partial charge on any atom is 0.0750 e.